The van der Waals surface area contributed by atoms with Gasteiger partial charge in [-0.25, -0.2) is 4.31 Å². The molecule has 8 nitrogen and oxygen atoms in total. The molecule has 1 aromatic carbocycles. The Kier molecular flexibility index (Phi) is 5.31. The number of hydrogen-bond donors (Lipinski definition) is 1. The lowest BCUT2D eigenvalue weighted by atomic mass is 10.1. The molecule has 26 heavy (non-hydrogen) atoms. The van der Waals surface area contributed by atoms with E-state index in [4.69, 9.17) is 9.47 Å². The predicted octanol–water partition coefficient (Wildman–Crippen LogP) is 1.48. The van der Waals surface area contributed by atoms with Crippen LogP contribution in [0.4, 0.5) is 0 Å². The lowest BCUT2D eigenvalue weighted by Crippen LogP contribution is -2.45. The molecule has 142 valence electrons. The monoisotopic (exact) mass is 381 g/mol. The van der Waals surface area contributed by atoms with Gasteiger partial charge in [0.15, 0.2) is 11.5 Å². The standard InChI is InChI=1S/C17H23N3O5S/c1-17(2,3)18-16(21)13-10-12(19-26(22,23)20(13)4)11-7-8-14(24-5)15(9-11)25-6/h7-10H,1-6H3,(H,18,21). The van der Waals surface area contributed by atoms with Crippen LogP contribution in [0, 0.1) is 0 Å². The van der Waals surface area contributed by atoms with Crippen LogP contribution >= 0.6 is 0 Å². The van der Waals surface area contributed by atoms with Crippen LogP contribution in [0.3, 0.4) is 0 Å². The lowest BCUT2D eigenvalue weighted by Gasteiger charge is -2.27. The maximum atomic E-state index is 12.5. The predicted molar refractivity (Wildman–Crippen MR) is 98.7 cm³/mol. The summed E-state index contributed by atoms with van der Waals surface area (Å²) in [7, 11) is 0.249. The summed E-state index contributed by atoms with van der Waals surface area (Å²) in [6, 6.07) is 4.90. The summed E-state index contributed by atoms with van der Waals surface area (Å²) in [6.45, 7) is 5.43. The van der Waals surface area contributed by atoms with Crippen LogP contribution in [-0.4, -0.2) is 51.1 Å². The van der Waals surface area contributed by atoms with Crippen molar-refractivity contribution in [2.45, 2.75) is 26.3 Å². The van der Waals surface area contributed by atoms with Gasteiger partial charge in [0.25, 0.3) is 5.91 Å². The minimum Gasteiger partial charge on any atom is -0.493 e. The fraction of sp³-hybridized carbons (Fsp3) is 0.412. The van der Waals surface area contributed by atoms with Crippen LogP contribution < -0.4 is 14.8 Å². The van der Waals surface area contributed by atoms with Gasteiger partial charge in [0.2, 0.25) is 0 Å². The molecule has 0 radical (unpaired) electrons. The molecule has 1 amide bonds. The van der Waals surface area contributed by atoms with Gasteiger partial charge in [-0.1, -0.05) is 0 Å². The maximum absolute atomic E-state index is 12.5. The molecule has 1 aliphatic rings. The molecule has 0 unspecified atom stereocenters. The molecular weight excluding hydrogens is 358 g/mol. The van der Waals surface area contributed by atoms with Crippen molar-refractivity contribution in [3.05, 3.63) is 35.5 Å². The third-order valence-corrected chi connectivity index (χ3v) is 4.89. The second-order valence-corrected chi connectivity index (χ2v) is 8.35. The number of nitrogens with zero attached hydrogens (tertiary/aromatic N) is 2. The molecule has 1 aliphatic heterocycles. The van der Waals surface area contributed by atoms with Gasteiger partial charge in [-0.15, -0.1) is 4.40 Å². The third-order valence-electron chi connectivity index (χ3n) is 3.57. The van der Waals surface area contributed by atoms with Crippen LogP contribution in [0.2, 0.25) is 0 Å². The van der Waals surface area contributed by atoms with Crippen LogP contribution in [0.15, 0.2) is 34.4 Å². The summed E-state index contributed by atoms with van der Waals surface area (Å²) < 4.78 is 39.8. The highest BCUT2D eigenvalue weighted by molar-refractivity contribution is 7.88. The van der Waals surface area contributed by atoms with Gasteiger partial charge >= 0.3 is 10.2 Å². The molecule has 9 heteroatoms. The number of allylic oxidation sites excluding steroid dienone is 1. The second kappa shape index (κ2) is 6.99. The number of carbonyl (C=O) groups is 1. The molecular formula is C17H23N3O5S. The molecule has 1 aromatic rings. The molecule has 0 saturated heterocycles. The molecule has 1 heterocycles. The molecule has 0 aliphatic carbocycles. The fourth-order valence-electron chi connectivity index (χ4n) is 2.30. The Labute approximate surface area is 153 Å². The number of amides is 1. The summed E-state index contributed by atoms with van der Waals surface area (Å²) >= 11 is 0. The summed E-state index contributed by atoms with van der Waals surface area (Å²) in [6.07, 6.45) is 1.43. The van der Waals surface area contributed by atoms with Crippen molar-refractivity contribution in [3.8, 4) is 11.5 Å². The number of carbonyl (C=O) groups excluding carboxylic acids is 1. The number of likely N-dealkylation sites (N-methyl/N-ethyl adjacent to an activating group) is 1. The van der Waals surface area contributed by atoms with E-state index in [0.717, 1.165) is 4.31 Å². The van der Waals surface area contributed by atoms with E-state index in [0.29, 0.717) is 17.1 Å². The highest BCUT2D eigenvalue weighted by Gasteiger charge is 2.31. The van der Waals surface area contributed by atoms with Crippen LogP contribution in [0.1, 0.15) is 26.3 Å². The van der Waals surface area contributed by atoms with Crippen molar-refractivity contribution in [2.24, 2.45) is 4.40 Å². The summed E-state index contributed by atoms with van der Waals surface area (Å²) in [4.78, 5) is 12.5. The van der Waals surface area contributed by atoms with Gasteiger partial charge in [0.05, 0.1) is 19.9 Å². The quantitative estimate of drug-likeness (QED) is 0.852. The maximum Gasteiger partial charge on any atom is 0.345 e. The molecule has 0 spiro atoms. The zero-order valence-corrected chi connectivity index (χ0v) is 16.5. The molecule has 0 aromatic heterocycles. The van der Waals surface area contributed by atoms with Gasteiger partial charge in [-0.3, -0.25) is 4.79 Å². The van der Waals surface area contributed by atoms with E-state index in [9.17, 15) is 13.2 Å². The van der Waals surface area contributed by atoms with E-state index in [1.165, 1.54) is 27.3 Å². The lowest BCUT2D eigenvalue weighted by molar-refractivity contribution is -0.119. The van der Waals surface area contributed by atoms with Gasteiger partial charge in [-0.05, 0) is 45.0 Å². The van der Waals surface area contributed by atoms with Crippen molar-refractivity contribution < 1.29 is 22.7 Å². The second-order valence-electron chi connectivity index (χ2n) is 6.73. The molecule has 1 N–H and O–H groups in total. The Hall–Kier alpha value is -2.55. The van der Waals surface area contributed by atoms with Gasteiger partial charge in [0, 0.05) is 18.2 Å². The van der Waals surface area contributed by atoms with Gasteiger partial charge in [0.1, 0.15) is 5.70 Å². The Morgan fingerprint density at radius 1 is 1.15 bits per heavy atom. The normalized spacial score (nSPS) is 16.5. The van der Waals surface area contributed by atoms with Crippen molar-refractivity contribution in [1.82, 2.24) is 9.62 Å². The fourth-order valence-corrected chi connectivity index (χ4v) is 3.21. The third kappa shape index (κ3) is 4.16. The van der Waals surface area contributed by atoms with E-state index in [1.54, 1.807) is 18.2 Å². The number of benzene rings is 1. The van der Waals surface area contributed by atoms with Gasteiger partial charge < -0.3 is 14.8 Å². The smallest absolute Gasteiger partial charge is 0.345 e. The average Bonchev–Trinajstić information content (AvgIpc) is 2.54. The Morgan fingerprint density at radius 3 is 2.31 bits per heavy atom. The summed E-state index contributed by atoms with van der Waals surface area (Å²) in [5.41, 5.74) is 0.101. The minimum atomic E-state index is -4.02. The van der Waals surface area contributed by atoms with E-state index < -0.39 is 21.7 Å². The first-order valence-corrected chi connectivity index (χ1v) is 9.23. The molecule has 0 atom stereocenters. The Balaban J connectivity index is 2.53. The first kappa shape index (κ1) is 19.8. The van der Waals surface area contributed by atoms with Crippen molar-refractivity contribution >= 4 is 21.8 Å². The Bertz CT molecular complexity index is 882. The first-order chi connectivity index (χ1) is 12.0. The average molecular weight is 381 g/mol. The van der Waals surface area contributed by atoms with Crippen LogP contribution in [0.25, 0.3) is 0 Å². The van der Waals surface area contributed by atoms with E-state index in [1.807, 2.05) is 20.8 Å². The summed E-state index contributed by atoms with van der Waals surface area (Å²) in [5, 5.41) is 2.76. The number of nitrogens with one attached hydrogen (secondary N) is 1. The number of hydrogen-bond acceptors (Lipinski definition) is 5. The van der Waals surface area contributed by atoms with Crippen LogP contribution in [-0.2, 0) is 15.0 Å². The van der Waals surface area contributed by atoms with Crippen LogP contribution in [0.5, 0.6) is 11.5 Å². The minimum absolute atomic E-state index is 0.0142. The number of ether oxygens (including phenoxy) is 2. The molecule has 0 saturated carbocycles. The highest BCUT2D eigenvalue weighted by atomic mass is 32.2. The number of rotatable bonds is 4. The molecule has 0 bridgehead atoms. The van der Waals surface area contributed by atoms with Crippen molar-refractivity contribution in [3.63, 3.8) is 0 Å². The highest BCUT2D eigenvalue weighted by Crippen LogP contribution is 2.29. The largest absolute Gasteiger partial charge is 0.493 e. The molecule has 0 fully saturated rings. The number of methoxy groups -OCH3 is 2. The Morgan fingerprint density at radius 2 is 1.77 bits per heavy atom. The summed E-state index contributed by atoms with van der Waals surface area (Å²) in [5.74, 6) is 0.428. The van der Waals surface area contributed by atoms with E-state index >= 15 is 0 Å². The zero-order valence-electron chi connectivity index (χ0n) is 15.7. The first-order valence-electron chi connectivity index (χ1n) is 7.84. The van der Waals surface area contributed by atoms with Crippen molar-refractivity contribution in [1.29, 1.82) is 0 Å². The SMILES string of the molecule is COc1ccc(C2=NS(=O)(=O)N(C)C(C(=O)NC(C)(C)C)=C2)cc1OC. The van der Waals surface area contributed by atoms with Gasteiger partial charge in [-0.2, -0.15) is 8.42 Å². The zero-order chi connectivity index (χ0) is 19.7. The topological polar surface area (TPSA) is 97.3 Å². The van der Waals surface area contributed by atoms with E-state index in [2.05, 4.69) is 9.71 Å². The van der Waals surface area contributed by atoms with Crippen molar-refractivity contribution in [2.75, 3.05) is 21.3 Å². The van der Waals surface area contributed by atoms with E-state index in [-0.39, 0.29) is 11.4 Å². The molecule has 2 rings (SSSR count).